The van der Waals surface area contributed by atoms with Crippen LogP contribution in [0.3, 0.4) is 0 Å². The molecular weight excluding hydrogens is 186 g/mol. The predicted molar refractivity (Wildman–Crippen MR) is 52.1 cm³/mol. The van der Waals surface area contributed by atoms with E-state index in [1.165, 1.54) is 11.5 Å². The highest BCUT2D eigenvalue weighted by Crippen LogP contribution is 2.15. The first-order chi connectivity index (χ1) is 6.11. The summed E-state index contributed by atoms with van der Waals surface area (Å²) in [5.41, 5.74) is 0.766. The Morgan fingerprint density at radius 2 is 2.08 bits per heavy atom. The van der Waals surface area contributed by atoms with Gasteiger partial charge in [0.2, 0.25) is 0 Å². The molecule has 2 heterocycles. The Kier molecular flexibility index (Phi) is 1.69. The molecule has 0 amide bonds. The molecule has 0 spiro atoms. The average Bonchev–Trinajstić information content (AvgIpc) is 2.43. The number of rotatable bonds is 0. The number of nitrogens with zero attached hydrogens (tertiary/aromatic N) is 3. The lowest BCUT2D eigenvalue weighted by Gasteiger charge is -2.00. The van der Waals surface area contributed by atoms with Crippen molar-refractivity contribution in [1.82, 2.24) is 13.9 Å². The highest BCUT2D eigenvalue weighted by atomic mass is 32.1. The smallest absolute Gasteiger partial charge is 0.263 e. The van der Waals surface area contributed by atoms with E-state index in [0.717, 1.165) is 16.3 Å². The van der Waals surface area contributed by atoms with Crippen LogP contribution in [0.4, 0.5) is 0 Å². The molecule has 0 radical (unpaired) electrons. The summed E-state index contributed by atoms with van der Waals surface area (Å²) in [5.74, 6) is 0.723. The van der Waals surface area contributed by atoms with Gasteiger partial charge in [-0.05, 0) is 25.4 Å². The van der Waals surface area contributed by atoms with Crippen LogP contribution in [0.15, 0.2) is 4.79 Å². The van der Waals surface area contributed by atoms with E-state index in [-0.39, 0.29) is 5.56 Å². The monoisotopic (exact) mass is 195 g/mol. The first kappa shape index (κ1) is 8.37. The lowest BCUT2D eigenvalue weighted by atomic mass is 10.3. The van der Waals surface area contributed by atoms with E-state index in [2.05, 4.69) is 9.36 Å². The van der Waals surface area contributed by atoms with Gasteiger partial charge < -0.3 is 0 Å². The maximum atomic E-state index is 11.7. The highest BCUT2D eigenvalue weighted by Gasteiger charge is 2.10. The fraction of sp³-hybridized carbons (Fsp3) is 0.375. The summed E-state index contributed by atoms with van der Waals surface area (Å²) in [7, 11) is 1.72. The first-order valence-corrected chi connectivity index (χ1v) is 4.68. The SMILES string of the molecule is Cc1nsc2nc(C)n(C)c(=O)c12. The Morgan fingerprint density at radius 1 is 1.38 bits per heavy atom. The minimum Gasteiger partial charge on any atom is -0.299 e. The third-order valence-electron chi connectivity index (χ3n) is 2.11. The Labute approximate surface area is 79.0 Å². The fourth-order valence-corrected chi connectivity index (χ4v) is 2.03. The molecule has 13 heavy (non-hydrogen) atoms. The lowest BCUT2D eigenvalue weighted by molar-refractivity contribution is 0.793. The van der Waals surface area contributed by atoms with E-state index in [9.17, 15) is 4.79 Å². The van der Waals surface area contributed by atoms with Crippen LogP contribution in [0.25, 0.3) is 10.2 Å². The van der Waals surface area contributed by atoms with Crippen LogP contribution in [0.1, 0.15) is 11.5 Å². The summed E-state index contributed by atoms with van der Waals surface area (Å²) in [6.45, 7) is 3.65. The molecule has 0 bridgehead atoms. The highest BCUT2D eigenvalue weighted by molar-refractivity contribution is 7.12. The summed E-state index contributed by atoms with van der Waals surface area (Å²) in [4.78, 5) is 16.7. The van der Waals surface area contributed by atoms with Crippen molar-refractivity contribution >= 4 is 21.7 Å². The van der Waals surface area contributed by atoms with Crippen molar-refractivity contribution in [2.75, 3.05) is 0 Å². The summed E-state index contributed by atoms with van der Waals surface area (Å²) >= 11 is 1.28. The van der Waals surface area contributed by atoms with Gasteiger partial charge in [-0.3, -0.25) is 9.36 Å². The van der Waals surface area contributed by atoms with Crippen molar-refractivity contribution in [3.8, 4) is 0 Å². The average molecular weight is 195 g/mol. The van der Waals surface area contributed by atoms with Crippen LogP contribution in [-0.4, -0.2) is 13.9 Å². The third-order valence-corrected chi connectivity index (χ3v) is 2.95. The normalized spacial score (nSPS) is 11.0. The van der Waals surface area contributed by atoms with E-state index in [1.807, 2.05) is 13.8 Å². The summed E-state index contributed by atoms with van der Waals surface area (Å²) < 4.78 is 5.65. The molecule has 68 valence electrons. The van der Waals surface area contributed by atoms with Crippen molar-refractivity contribution in [3.05, 3.63) is 21.9 Å². The van der Waals surface area contributed by atoms with Gasteiger partial charge in [0.05, 0.1) is 11.1 Å². The molecule has 0 saturated heterocycles. The Hall–Kier alpha value is -1.23. The number of hydrogen-bond donors (Lipinski definition) is 0. The minimum atomic E-state index is -0.00579. The predicted octanol–water partition coefficient (Wildman–Crippen LogP) is 1.01. The zero-order valence-electron chi connectivity index (χ0n) is 7.66. The molecule has 2 aromatic heterocycles. The number of hydrogen-bond acceptors (Lipinski definition) is 4. The Morgan fingerprint density at radius 3 is 2.77 bits per heavy atom. The van der Waals surface area contributed by atoms with Crippen LogP contribution >= 0.6 is 11.5 Å². The van der Waals surface area contributed by atoms with Gasteiger partial charge in [-0.25, -0.2) is 4.98 Å². The molecule has 0 atom stereocenters. The molecule has 0 aliphatic rings. The van der Waals surface area contributed by atoms with Gasteiger partial charge in [0.15, 0.2) is 4.83 Å². The minimum absolute atomic E-state index is 0.00579. The number of aryl methyl sites for hydroxylation is 2. The van der Waals surface area contributed by atoms with E-state index < -0.39 is 0 Å². The van der Waals surface area contributed by atoms with Gasteiger partial charge in [-0.1, -0.05) is 0 Å². The van der Waals surface area contributed by atoms with Crippen LogP contribution in [0, 0.1) is 13.8 Å². The molecule has 0 aromatic carbocycles. The third kappa shape index (κ3) is 1.07. The van der Waals surface area contributed by atoms with Crippen molar-refractivity contribution in [2.45, 2.75) is 13.8 Å². The van der Waals surface area contributed by atoms with Gasteiger partial charge in [-0.2, -0.15) is 4.37 Å². The summed E-state index contributed by atoms with van der Waals surface area (Å²) in [6.07, 6.45) is 0. The van der Waals surface area contributed by atoms with Crippen LogP contribution in [-0.2, 0) is 7.05 Å². The fourth-order valence-electron chi connectivity index (χ4n) is 1.22. The van der Waals surface area contributed by atoms with Gasteiger partial charge in [0.1, 0.15) is 5.82 Å². The summed E-state index contributed by atoms with van der Waals surface area (Å²) in [6, 6.07) is 0. The van der Waals surface area contributed by atoms with Crippen molar-refractivity contribution in [2.24, 2.45) is 7.05 Å². The van der Waals surface area contributed by atoms with Crippen molar-refractivity contribution < 1.29 is 0 Å². The molecule has 0 fully saturated rings. The standard InChI is InChI=1S/C8H9N3OS/c1-4-6-7(13-10-4)9-5(2)11(3)8(6)12/h1-3H3. The van der Waals surface area contributed by atoms with Crippen LogP contribution in [0.5, 0.6) is 0 Å². The molecule has 2 aromatic rings. The Balaban J connectivity index is 3.06. The van der Waals surface area contributed by atoms with Gasteiger partial charge in [0, 0.05) is 7.05 Å². The maximum absolute atomic E-state index is 11.7. The van der Waals surface area contributed by atoms with Crippen molar-refractivity contribution in [3.63, 3.8) is 0 Å². The van der Waals surface area contributed by atoms with Crippen LogP contribution in [0.2, 0.25) is 0 Å². The zero-order chi connectivity index (χ0) is 9.59. The second-order valence-corrected chi connectivity index (χ2v) is 3.72. The number of fused-ring (bicyclic) bond motifs is 1. The molecule has 4 nitrogen and oxygen atoms in total. The van der Waals surface area contributed by atoms with E-state index in [0.29, 0.717) is 5.39 Å². The molecule has 0 aliphatic carbocycles. The largest absolute Gasteiger partial charge is 0.299 e. The quantitative estimate of drug-likeness (QED) is 0.630. The topological polar surface area (TPSA) is 47.8 Å². The molecular formula is C8H9N3OS. The molecule has 0 saturated carbocycles. The summed E-state index contributed by atoms with van der Waals surface area (Å²) in [5, 5.41) is 0.651. The second kappa shape index (κ2) is 2.63. The Bertz CT molecular complexity index is 526. The van der Waals surface area contributed by atoms with Crippen LogP contribution < -0.4 is 5.56 Å². The van der Waals surface area contributed by atoms with E-state index >= 15 is 0 Å². The molecule has 0 N–H and O–H groups in total. The first-order valence-electron chi connectivity index (χ1n) is 3.91. The van der Waals surface area contributed by atoms with E-state index in [1.54, 1.807) is 11.6 Å². The van der Waals surface area contributed by atoms with E-state index in [4.69, 9.17) is 0 Å². The maximum Gasteiger partial charge on any atom is 0.263 e. The molecule has 0 unspecified atom stereocenters. The van der Waals surface area contributed by atoms with Gasteiger partial charge in [-0.15, -0.1) is 0 Å². The number of aromatic nitrogens is 3. The zero-order valence-corrected chi connectivity index (χ0v) is 8.47. The van der Waals surface area contributed by atoms with Gasteiger partial charge >= 0.3 is 0 Å². The lowest BCUT2D eigenvalue weighted by Crippen LogP contribution is -2.20. The van der Waals surface area contributed by atoms with Crippen molar-refractivity contribution in [1.29, 1.82) is 0 Å². The second-order valence-electron chi connectivity index (χ2n) is 2.97. The molecule has 0 aliphatic heterocycles. The van der Waals surface area contributed by atoms with Gasteiger partial charge in [0.25, 0.3) is 5.56 Å². The molecule has 5 heteroatoms. The molecule has 2 rings (SSSR count).